The van der Waals surface area contributed by atoms with Crippen LogP contribution in [0.1, 0.15) is 24.1 Å². The van der Waals surface area contributed by atoms with Gasteiger partial charge in [-0.3, -0.25) is 14.5 Å². The number of hydrogen-bond acceptors (Lipinski definition) is 6. The van der Waals surface area contributed by atoms with E-state index in [4.69, 9.17) is 37.4 Å². The van der Waals surface area contributed by atoms with E-state index in [2.05, 4.69) is 0 Å². The number of anilines is 1. The first-order valence-electron chi connectivity index (χ1n) is 11.0. The predicted octanol–water partition coefficient (Wildman–Crippen LogP) is 6.04. The number of methoxy groups -OCH3 is 2. The first-order chi connectivity index (χ1) is 17.3. The van der Waals surface area contributed by atoms with E-state index in [9.17, 15) is 14.7 Å². The highest BCUT2D eigenvalue weighted by Gasteiger charge is 2.47. The fraction of sp³-hybridized carbons (Fsp3) is 0.185. The maximum atomic E-state index is 13.4. The number of aliphatic hydroxyl groups is 1. The molecule has 36 heavy (non-hydrogen) atoms. The van der Waals surface area contributed by atoms with Gasteiger partial charge in [0.05, 0.1) is 37.5 Å². The van der Waals surface area contributed by atoms with Crippen LogP contribution in [0.25, 0.3) is 5.76 Å². The molecule has 7 nitrogen and oxygen atoms in total. The maximum Gasteiger partial charge on any atom is 0.300 e. The van der Waals surface area contributed by atoms with Crippen LogP contribution in [0.4, 0.5) is 5.69 Å². The molecule has 1 N–H and O–H groups in total. The summed E-state index contributed by atoms with van der Waals surface area (Å²) in [5.41, 5.74) is 1.08. The van der Waals surface area contributed by atoms with Gasteiger partial charge in [0.25, 0.3) is 11.7 Å². The van der Waals surface area contributed by atoms with Crippen LogP contribution in [0.2, 0.25) is 10.0 Å². The van der Waals surface area contributed by atoms with Gasteiger partial charge < -0.3 is 19.3 Å². The molecule has 1 aliphatic rings. The second-order valence-electron chi connectivity index (χ2n) is 7.84. The van der Waals surface area contributed by atoms with Crippen molar-refractivity contribution in [3.8, 4) is 17.2 Å². The van der Waals surface area contributed by atoms with Crippen LogP contribution in [-0.2, 0) is 9.59 Å². The zero-order chi connectivity index (χ0) is 26.0. The quantitative estimate of drug-likeness (QED) is 0.229. The van der Waals surface area contributed by atoms with Gasteiger partial charge in [-0.25, -0.2) is 0 Å². The van der Waals surface area contributed by atoms with Crippen molar-refractivity contribution in [3.63, 3.8) is 0 Å². The smallest absolute Gasteiger partial charge is 0.300 e. The molecule has 4 rings (SSSR count). The van der Waals surface area contributed by atoms with Gasteiger partial charge in [-0.2, -0.15) is 0 Å². The molecule has 0 spiro atoms. The minimum absolute atomic E-state index is 0.103. The molecular weight excluding hydrogens is 505 g/mol. The number of ether oxygens (including phenoxy) is 3. The highest BCUT2D eigenvalue weighted by Crippen LogP contribution is 2.45. The lowest BCUT2D eigenvalue weighted by Gasteiger charge is -2.26. The summed E-state index contributed by atoms with van der Waals surface area (Å²) in [6.45, 7) is 2.20. The van der Waals surface area contributed by atoms with Crippen molar-refractivity contribution >= 4 is 46.3 Å². The Labute approximate surface area is 218 Å². The number of Topliss-reactive ketones (excluding diaryl/α,β-unsaturated/α-hetero) is 1. The summed E-state index contributed by atoms with van der Waals surface area (Å²) in [5, 5.41) is 11.9. The van der Waals surface area contributed by atoms with Crippen LogP contribution in [-0.4, -0.2) is 37.6 Å². The Morgan fingerprint density at radius 2 is 1.67 bits per heavy atom. The molecule has 3 aromatic rings. The van der Waals surface area contributed by atoms with Crippen molar-refractivity contribution in [2.24, 2.45) is 0 Å². The summed E-state index contributed by atoms with van der Waals surface area (Å²) >= 11 is 12.5. The molecule has 1 amide bonds. The van der Waals surface area contributed by atoms with E-state index in [0.717, 1.165) is 0 Å². The Morgan fingerprint density at radius 3 is 2.31 bits per heavy atom. The van der Waals surface area contributed by atoms with E-state index in [-0.39, 0.29) is 21.9 Å². The van der Waals surface area contributed by atoms with E-state index < -0.39 is 17.7 Å². The number of ketones is 1. The van der Waals surface area contributed by atoms with Crippen molar-refractivity contribution in [1.29, 1.82) is 0 Å². The zero-order valence-electron chi connectivity index (χ0n) is 19.7. The Balaban J connectivity index is 1.97. The minimum Gasteiger partial charge on any atom is -0.507 e. The molecule has 0 radical (unpaired) electrons. The van der Waals surface area contributed by atoms with Crippen molar-refractivity contribution in [1.82, 2.24) is 0 Å². The molecule has 9 heteroatoms. The summed E-state index contributed by atoms with van der Waals surface area (Å²) in [4.78, 5) is 28.0. The van der Waals surface area contributed by atoms with Gasteiger partial charge in [0, 0.05) is 16.3 Å². The van der Waals surface area contributed by atoms with E-state index in [1.54, 1.807) is 54.6 Å². The maximum absolute atomic E-state index is 13.4. The number of amides is 1. The zero-order valence-corrected chi connectivity index (χ0v) is 21.3. The highest BCUT2D eigenvalue weighted by molar-refractivity contribution is 6.52. The molecule has 186 valence electrons. The number of rotatable bonds is 7. The fourth-order valence-electron chi connectivity index (χ4n) is 4.14. The number of aliphatic hydroxyl groups excluding tert-OH is 1. The first-order valence-corrected chi connectivity index (χ1v) is 11.8. The molecule has 1 atom stereocenters. The van der Waals surface area contributed by atoms with Crippen molar-refractivity contribution < 1.29 is 28.9 Å². The van der Waals surface area contributed by atoms with Gasteiger partial charge in [-0.05, 0) is 61.0 Å². The third-order valence-corrected chi connectivity index (χ3v) is 6.29. The van der Waals surface area contributed by atoms with Crippen LogP contribution < -0.4 is 19.1 Å². The van der Waals surface area contributed by atoms with E-state index in [1.165, 1.54) is 25.2 Å². The van der Waals surface area contributed by atoms with Gasteiger partial charge >= 0.3 is 0 Å². The molecule has 1 aliphatic heterocycles. The van der Waals surface area contributed by atoms with Gasteiger partial charge in [-0.15, -0.1) is 0 Å². The molecule has 1 fully saturated rings. The Bertz CT molecular complexity index is 1370. The van der Waals surface area contributed by atoms with Crippen molar-refractivity contribution in [2.45, 2.75) is 13.0 Å². The lowest BCUT2D eigenvalue weighted by atomic mass is 9.94. The van der Waals surface area contributed by atoms with Crippen LogP contribution in [0.5, 0.6) is 17.2 Å². The molecule has 0 aliphatic carbocycles. The Kier molecular flexibility index (Phi) is 7.43. The van der Waals surface area contributed by atoms with Gasteiger partial charge in [0.1, 0.15) is 11.5 Å². The van der Waals surface area contributed by atoms with Gasteiger partial charge in [0.2, 0.25) is 0 Å². The molecule has 1 heterocycles. The lowest BCUT2D eigenvalue weighted by molar-refractivity contribution is -0.132. The number of carbonyl (C=O) groups is 2. The molecule has 0 bridgehead atoms. The van der Waals surface area contributed by atoms with Gasteiger partial charge in [-0.1, -0.05) is 35.3 Å². The van der Waals surface area contributed by atoms with Crippen LogP contribution >= 0.6 is 23.2 Å². The molecule has 0 saturated carbocycles. The van der Waals surface area contributed by atoms with E-state index >= 15 is 0 Å². The number of carbonyl (C=O) groups excluding carboxylic acids is 2. The average Bonchev–Trinajstić information content (AvgIpc) is 3.14. The van der Waals surface area contributed by atoms with Crippen molar-refractivity contribution in [3.05, 3.63) is 87.4 Å². The molecule has 3 aromatic carbocycles. The molecule has 1 saturated heterocycles. The fourth-order valence-corrected chi connectivity index (χ4v) is 4.58. The van der Waals surface area contributed by atoms with E-state index in [0.29, 0.717) is 40.1 Å². The standard InChI is InChI=1S/C27H23Cl2NO6/c1-4-36-22-13-15(8-11-21(22)35-3)24-23(25(31)16-9-10-20(34-2)19(29)12-16)26(32)27(33)30(24)18-7-5-6-17(28)14-18/h5-14,24,31H,4H2,1-3H3/b25-23-. The van der Waals surface area contributed by atoms with Crippen LogP contribution in [0, 0.1) is 0 Å². The predicted molar refractivity (Wildman–Crippen MR) is 138 cm³/mol. The normalized spacial score (nSPS) is 16.8. The molecule has 1 unspecified atom stereocenters. The Hall–Kier alpha value is -3.68. The minimum atomic E-state index is -0.977. The second-order valence-corrected chi connectivity index (χ2v) is 8.69. The number of hydrogen-bond donors (Lipinski definition) is 1. The SMILES string of the molecule is CCOc1cc(C2/C(=C(/O)c3ccc(OC)c(Cl)c3)C(=O)C(=O)N2c2cccc(Cl)c2)ccc1OC. The summed E-state index contributed by atoms with van der Waals surface area (Å²) in [6, 6.07) is 15.3. The lowest BCUT2D eigenvalue weighted by Crippen LogP contribution is -2.29. The third-order valence-electron chi connectivity index (χ3n) is 5.76. The third kappa shape index (κ3) is 4.59. The van der Waals surface area contributed by atoms with Gasteiger partial charge in [0.15, 0.2) is 11.5 Å². The second kappa shape index (κ2) is 10.5. The number of halogens is 2. The summed E-state index contributed by atoms with van der Waals surface area (Å²) in [5.74, 6) is -0.707. The monoisotopic (exact) mass is 527 g/mol. The average molecular weight is 528 g/mol. The van der Waals surface area contributed by atoms with Crippen LogP contribution in [0.3, 0.4) is 0 Å². The first kappa shape index (κ1) is 25.4. The largest absolute Gasteiger partial charge is 0.507 e. The molecule has 0 aromatic heterocycles. The summed E-state index contributed by atoms with van der Waals surface area (Å²) in [7, 11) is 2.99. The highest BCUT2D eigenvalue weighted by atomic mass is 35.5. The Morgan fingerprint density at radius 1 is 0.944 bits per heavy atom. The van der Waals surface area contributed by atoms with Crippen molar-refractivity contribution in [2.75, 3.05) is 25.7 Å². The molecular formula is C27H23Cl2NO6. The summed E-state index contributed by atoms with van der Waals surface area (Å²) in [6.07, 6.45) is 0. The van der Waals surface area contributed by atoms with Crippen LogP contribution in [0.15, 0.2) is 66.2 Å². The summed E-state index contributed by atoms with van der Waals surface area (Å²) < 4.78 is 16.3. The topological polar surface area (TPSA) is 85.3 Å². The van der Waals surface area contributed by atoms with E-state index in [1.807, 2.05) is 6.92 Å². The number of nitrogens with zero attached hydrogens (tertiary/aromatic N) is 1. The number of benzene rings is 3.